The number of hydrogen-bond acceptors (Lipinski definition) is 3. The SMILES string of the molecule is O=C(c1ccc(Cl)cc1)N(C/C=C/c1ccccc1)c1ccc2c(c1)OCCO2. The van der Waals surface area contributed by atoms with Crippen molar-refractivity contribution in [2.24, 2.45) is 0 Å². The number of carbonyl (C=O) groups excluding carboxylic acids is 1. The minimum absolute atomic E-state index is 0.115. The highest BCUT2D eigenvalue weighted by molar-refractivity contribution is 6.30. The predicted octanol–water partition coefficient (Wildman–Crippen LogP) is 5.47. The van der Waals surface area contributed by atoms with Gasteiger partial charge in [-0.05, 0) is 42.0 Å². The first-order chi connectivity index (χ1) is 14.2. The van der Waals surface area contributed by atoms with Crippen LogP contribution in [0.15, 0.2) is 78.9 Å². The molecule has 4 nitrogen and oxygen atoms in total. The van der Waals surface area contributed by atoms with E-state index in [1.807, 2.05) is 60.7 Å². The minimum Gasteiger partial charge on any atom is -0.486 e. The number of anilines is 1. The number of carbonyl (C=O) groups is 1. The van der Waals surface area contributed by atoms with E-state index in [2.05, 4.69) is 0 Å². The van der Waals surface area contributed by atoms with Gasteiger partial charge in [0.05, 0.1) is 0 Å². The smallest absolute Gasteiger partial charge is 0.258 e. The zero-order chi connectivity index (χ0) is 20.1. The van der Waals surface area contributed by atoms with Crippen molar-refractivity contribution in [1.29, 1.82) is 0 Å². The zero-order valence-corrected chi connectivity index (χ0v) is 16.5. The highest BCUT2D eigenvalue weighted by Crippen LogP contribution is 2.34. The lowest BCUT2D eigenvalue weighted by atomic mass is 10.1. The van der Waals surface area contributed by atoms with Gasteiger partial charge in [-0.1, -0.05) is 54.1 Å². The summed E-state index contributed by atoms with van der Waals surface area (Å²) in [7, 11) is 0. The van der Waals surface area contributed by atoms with Crippen molar-refractivity contribution in [3.63, 3.8) is 0 Å². The molecular weight excluding hydrogens is 386 g/mol. The number of amides is 1. The standard InChI is InChI=1S/C24H20ClNO3/c25-20-10-8-19(9-11-20)24(27)26(14-4-7-18-5-2-1-3-6-18)21-12-13-22-23(17-21)29-16-15-28-22/h1-13,17H,14-16H2/b7-4+. The number of halogens is 1. The molecule has 3 aromatic rings. The van der Waals surface area contributed by atoms with Crippen LogP contribution in [0.25, 0.3) is 6.08 Å². The summed E-state index contributed by atoms with van der Waals surface area (Å²) in [4.78, 5) is 15.0. The summed E-state index contributed by atoms with van der Waals surface area (Å²) in [5.74, 6) is 1.23. The van der Waals surface area contributed by atoms with E-state index < -0.39 is 0 Å². The van der Waals surface area contributed by atoms with Crippen LogP contribution < -0.4 is 14.4 Å². The maximum Gasteiger partial charge on any atom is 0.258 e. The molecule has 4 rings (SSSR count). The highest BCUT2D eigenvalue weighted by Gasteiger charge is 2.20. The van der Waals surface area contributed by atoms with E-state index in [1.54, 1.807) is 29.2 Å². The molecule has 29 heavy (non-hydrogen) atoms. The Hall–Kier alpha value is -3.24. The van der Waals surface area contributed by atoms with E-state index in [-0.39, 0.29) is 5.91 Å². The van der Waals surface area contributed by atoms with Crippen molar-refractivity contribution in [3.05, 3.63) is 95.0 Å². The zero-order valence-electron chi connectivity index (χ0n) is 15.8. The quantitative estimate of drug-likeness (QED) is 0.564. The third-order valence-corrected chi connectivity index (χ3v) is 4.82. The van der Waals surface area contributed by atoms with Gasteiger partial charge in [-0.2, -0.15) is 0 Å². The van der Waals surface area contributed by atoms with Crippen molar-refractivity contribution in [3.8, 4) is 11.5 Å². The van der Waals surface area contributed by atoms with Crippen LogP contribution in [0.5, 0.6) is 11.5 Å². The first-order valence-corrected chi connectivity index (χ1v) is 9.77. The molecule has 0 saturated heterocycles. The predicted molar refractivity (Wildman–Crippen MR) is 116 cm³/mol. The second-order valence-corrected chi connectivity index (χ2v) is 7.00. The van der Waals surface area contributed by atoms with Gasteiger partial charge in [0.2, 0.25) is 0 Å². The highest BCUT2D eigenvalue weighted by atomic mass is 35.5. The second-order valence-electron chi connectivity index (χ2n) is 6.56. The van der Waals surface area contributed by atoms with Crippen molar-refractivity contribution in [2.75, 3.05) is 24.7 Å². The summed E-state index contributed by atoms with van der Waals surface area (Å²) in [6.07, 6.45) is 3.97. The number of benzene rings is 3. The third-order valence-electron chi connectivity index (χ3n) is 4.57. The number of hydrogen-bond donors (Lipinski definition) is 0. The number of nitrogens with zero attached hydrogens (tertiary/aromatic N) is 1. The van der Waals surface area contributed by atoms with Gasteiger partial charge < -0.3 is 14.4 Å². The van der Waals surface area contributed by atoms with Crippen molar-refractivity contribution in [1.82, 2.24) is 0 Å². The number of rotatable bonds is 5. The average molecular weight is 406 g/mol. The monoisotopic (exact) mass is 405 g/mol. The van der Waals surface area contributed by atoms with Crippen molar-refractivity contribution >= 4 is 29.3 Å². The molecular formula is C24H20ClNO3. The van der Waals surface area contributed by atoms with Crippen LogP contribution in [0.2, 0.25) is 5.02 Å². The van der Waals surface area contributed by atoms with E-state index in [0.29, 0.717) is 41.8 Å². The Balaban J connectivity index is 1.63. The number of ether oxygens (including phenoxy) is 2. The van der Waals surface area contributed by atoms with E-state index in [0.717, 1.165) is 11.3 Å². The van der Waals surface area contributed by atoms with Crippen molar-refractivity contribution in [2.45, 2.75) is 0 Å². The molecule has 0 aliphatic carbocycles. The van der Waals surface area contributed by atoms with Gasteiger partial charge in [-0.15, -0.1) is 0 Å². The Bertz CT molecular complexity index is 1020. The number of fused-ring (bicyclic) bond motifs is 1. The Morgan fingerprint density at radius 3 is 2.41 bits per heavy atom. The van der Waals surface area contributed by atoms with Crippen LogP contribution in [0, 0.1) is 0 Å². The Labute approximate surface area is 174 Å². The third kappa shape index (κ3) is 4.61. The molecule has 5 heteroatoms. The van der Waals surface area contributed by atoms with E-state index in [1.165, 1.54) is 0 Å². The fourth-order valence-corrected chi connectivity index (χ4v) is 3.24. The van der Waals surface area contributed by atoms with E-state index in [9.17, 15) is 4.79 Å². The van der Waals surface area contributed by atoms with Crippen LogP contribution in [0.1, 0.15) is 15.9 Å². The summed E-state index contributed by atoms with van der Waals surface area (Å²) < 4.78 is 11.3. The van der Waals surface area contributed by atoms with Gasteiger partial charge >= 0.3 is 0 Å². The van der Waals surface area contributed by atoms with Gasteiger partial charge in [0.15, 0.2) is 11.5 Å². The van der Waals surface area contributed by atoms with Crippen LogP contribution in [0.3, 0.4) is 0 Å². The van der Waals surface area contributed by atoms with Crippen LogP contribution >= 0.6 is 11.6 Å². The lowest BCUT2D eigenvalue weighted by molar-refractivity contribution is 0.0989. The lowest BCUT2D eigenvalue weighted by Crippen LogP contribution is -2.31. The van der Waals surface area contributed by atoms with E-state index in [4.69, 9.17) is 21.1 Å². The fourth-order valence-electron chi connectivity index (χ4n) is 3.11. The first-order valence-electron chi connectivity index (χ1n) is 9.39. The average Bonchev–Trinajstić information content (AvgIpc) is 2.77. The molecule has 1 aliphatic heterocycles. The molecule has 146 valence electrons. The molecule has 1 amide bonds. The van der Waals surface area contributed by atoms with Gasteiger partial charge in [0.25, 0.3) is 5.91 Å². The van der Waals surface area contributed by atoms with Gasteiger partial charge in [-0.25, -0.2) is 0 Å². The van der Waals surface area contributed by atoms with Crippen LogP contribution in [-0.4, -0.2) is 25.7 Å². The van der Waals surface area contributed by atoms with Gasteiger partial charge in [-0.3, -0.25) is 4.79 Å². The summed E-state index contributed by atoms with van der Waals surface area (Å²) in [6.45, 7) is 1.44. The largest absolute Gasteiger partial charge is 0.486 e. The fraction of sp³-hybridized carbons (Fsp3) is 0.125. The maximum absolute atomic E-state index is 13.2. The molecule has 0 spiro atoms. The Kier molecular flexibility index (Phi) is 5.82. The lowest BCUT2D eigenvalue weighted by Gasteiger charge is -2.24. The van der Waals surface area contributed by atoms with Crippen LogP contribution in [-0.2, 0) is 0 Å². The summed E-state index contributed by atoms with van der Waals surface area (Å²) >= 11 is 5.98. The van der Waals surface area contributed by atoms with Gasteiger partial charge in [0.1, 0.15) is 13.2 Å². The molecule has 0 bridgehead atoms. The molecule has 0 fully saturated rings. The molecule has 0 aromatic heterocycles. The topological polar surface area (TPSA) is 38.8 Å². The molecule has 0 unspecified atom stereocenters. The molecule has 1 aliphatic rings. The molecule has 0 N–H and O–H groups in total. The normalized spacial score (nSPS) is 12.7. The van der Waals surface area contributed by atoms with Crippen molar-refractivity contribution < 1.29 is 14.3 Å². The summed E-state index contributed by atoms with van der Waals surface area (Å²) in [5, 5.41) is 0.594. The summed E-state index contributed by atoms with van der Waals surface area (Å²) in [6, 6.07) is 22.4. The van der Waals surface area contributed by atoms with Crippen LogP contribution in [0.4, 0.5) is 5.69 Å². The first kappa shape index (κ1) is 19.1. The summed E-state index contributed by atoms with van der Waals surface area (Å²) in [5.41, 5.74) is 2.39. The molecule has 3 aromatic carbocycles. The minimum atomic E-state index is -0.115. The molecule has 0 saturated carbocycles. The second kappa shape index (κ2) is 8.84. The molecule has 0 radical (unpaired) electrons. The van der Waals surface area contributed by atoms with Gasteiger partial charge in [0, 0.05) is 28.9 Å². The Morgan fingerprint density at radius 1 is 0.931 bits per heavy atom. The molecule has 0 atom stereocenters. The van der Waals surface area contributed by atoms with E-state index >= 15 is 0 Å². The Morgan fingerprint density at radius 2 is 1.66 bits per heavy atom. The molecule has 1 heterocycles. The maximum atomic E-state index is 13.2.